The number of phenols is 2. The van der Waals surface area contributed by atoms with Crippen LogP contribution in [-0.4, -0.2) is 10.2 Å². The van der Waals surface area contributed by atoms with Crippen LogP contribution in [0.25, 0.3) is 5.57 Å². The lowest BCUT2D eigenvalue weighted by Gasteiger charge is -2.08. The van der Waals surface area contributed by atoms with Crippen molar-refractivity contribution >= 4 is 5.57 Å². The smallest absolute Gasteiger partial charge is 0.115 e. The Morgan fingerprint density at radius 1 is 0.826 bits per heavy atom. The van der Waals surface area contributed by atoms with Crippen molar-refractivity contribution in [2.24, 2.45) is 0 Å². The number of benzene rings is 2. The van der Waals surface area contributed by atoms with E-state index in [4.69, 9.17) is 0 Å². The van der Waals surface area contributed by atoms with Crippen LogP contribution in [0.4, 0.5) is 0 Å². The predicted molar refractivity (Wildman–Crippen MR) is 96.7 cm³/mol. The van der Waals surface area contributed by atoms with Crippen LogP contribution >= 0.6 is 0 Å². The first-order chi connectivity index (χ1) is 11.2. The van der Waals surface area contributed by atoms with Crippen molar-refractivity contribution in [2.45, 2.75) is 45.4 Å². The third-order valence-electron chi connectivity index (χ3n) is 4.04. The van der Waals surface area contributed by atoms with Crippen LogP contribution in [0.5, 0.6) is 11.5 Å². The first-order valence-corrected chi connectivity index (χ1v) is 8.45. The predicted octanol–water partition coefficient (Wildman–Crippen LogP) is 5.69. The van der Waals surface area contributed by atoms with Gasteiger partial charge in [0.2, 0.25) is 0 Å². The minimum atomic E-state index is 0.318. The molecule has 0 amide bonds. The van der Waals surface area contributed by atoms with Crippen LogP contribution in [0.3, 0.4) is 0 Å². The van der Waals surface area contributed by atoms with Gasteiger partial charge >= 0.3 is 0 Å². The lowest BCUT2D eigenvalue weighted by Crippen LogP contribution is -1.88. The normalized spacial score (nSPS) is 11.6. The molecule has 0 heterocycles. The van der Waals surface area contributed by atoms with Gasteiger partial charge in [0.15, 0.2) is 0 Å². The number of hydrogen-bond acceptors (Lipinski definition) is 2. The molecule has 0 spiro atoms. The summed E-state index contributed by atoms with van der Waals surface area (Å²) in [5, 5.41) is 18.7. The van der Waals surface area contributed by atoms with E-state index in [1.807, 2.05) is 24.3 Å². The summed E-state index contributed by atoms with van der Waals surface area (Å²) in [7, 11) is 0. The van der Waals surface area contributed by atoms with Gasteiger partial charge < -0.3 is 10.2 Å². The molecule has 0 aromatic heterocycles. The highest BCUT2D eigenvalue weighted by Crippen LogP contribution is 2.24. The number of aryl methyl sites for hydroxylation is 1. The molecule has 0 unspecified atom stereocenters. The zero-order valence-electron chi connectivity index (χ0n) is 13.8. The Labute approximate surface area is 139 Å². The maximum Gasteiger partial charge on any atom is 0.115 e. The molecule has 2 N–H and O–H groups in total. The number of phenolic OH excluding ortho intramolecular Hbond substituents is 2. The fourth-order valence-corrected chi connectivity index (χ4v) is 2.77. The van der Waals surface area contributed by atoms with Gasteiger partial charge in [-0.1, -0.05) is 43.7 Å². The Hall–Kier alpha value is -2.22. The molecule has 2 heteroatoms. The molecule has 0 atom stereocenters. The molecule has 2 nitrogen and oxygen atoms in total. The van der Waals surface area contributed by atoms with Gasteiger partial charge in [0, 0.05) is 0 Å². The summed E-state index contributed by atoms with van der Waals surface area (Å²) in [4.78, 5) is 0. The van der Waals surface area contributed by atoms with Crippen molar-refractivity contribution in [2.75, 3.05) is 0 Å². The first kappa shape index (κ1) is 17.1. The quantitative estimate of drug-likeness (QED) is 0.614. The fourth-order valence-electron chi connectivity index (χ4n) is 2.77. The molecule has 0 aliphatic heterocycles. The van der Waals surface area contributed by atoms with Gasteiger partial charge in [0.1, 0.15) is 11.5 Å². The lowest BCUT2D eigenvalue weighted by molar-refractivity contribution is 0.474. The zero-order chi connectivity index (χ0) is 16.5. The molecule has 122 valence electrons. The molecule has 0 radical (unpaired) electrons. The summed E-state index contributed by atoms with van der Waals surface area (Å²) in [6.07, 6.45) is 8.99. The van der Waals surface area contributed by atoms with Gasteiger partial charge in [-0.05, 0) is 73.1 Å². The monoisotopic (exact) mass is 310 g/mol. The zero-order valence-corrected chi connectivity index (χ0v) is 13.8. The van der Waals surface area contributed by atoms with Crippen molar-refractivity contribution in [3.05, 3.63) is 65.7 Å². The van der Waals surface area contributed by atoms with E-state index in [0.29, 0.717) is 11.5 Å². The van der Waals surface area contributed by atoms with Crippen LogP contribution in [0.15, 0.2) is 54.6 Å². The molecule has 0 saturated heterocycles. The highest BCUT2D eigenvalue weighted by atomic mass is 16.3. The fraction of sp³-hybridized carbons (Fsp3) is 0.333. The number of hydrogen-bond donors (Lipinski definition) is 2. The van der Waals surface area contributed by atoms with Crippen LogP contribution in [0.1, 0.15) is 50.2 Å². The number of unbranched alkanes of at least 4 members (excludes halogenated alkanes) is 2. The molecule has 0 fully saturated rings. The molecule has 0 aliphatic carbocycles. The summed E-state index contributed by atoms with van der Waals surface area (Å²) in [5.41, 5.74) is 3.87. The molecular weight excluding hydrogens is 284 g/mol. The van der Waals surface area contributed by atoms with E-state index in [1.54, 1.807) is 24.3 Å². The Kier molecular flexibility index (Phi) is 6.74. The lowest BCUT2D eigenvalue weighted by atomic mass is 9.97. The van der Waals surface area contributed by atoms with E-state index in [0.717, 1.165) is 19.3 Å². The Balaban J connectivity index is 1.77. The van der Waals surface area contributed by atoms with Crippen LogP contribution in [0, 0.1) is 0 Å². The summed E-state index contributed by atoms with van der Waals surface area (Å²) in [6, 6.07) is 15.0. The average molecular weight is 310 g/mol. The van der Waals surface area contributed by atoms with Crippen molar-refractivity contribution < 1.29 is 10.2 Å². The number of allylic oxidation sites excluding steroid dienone is 2. The Morgan fingerprint density at radius 3 is 2.04 bits per heavy atom. The van der Waals surface area contributed by atoms with Gasteiger partial charge in [-0.25, -0.2) is 0 Å². The van der Waals surface area contributed by atoms with Gasteiger partial charge in [0.05, 0.1) is 0 Å². The summed E-state index contributed by atoms with van der Waals surface area (Å²) < 4.78 is 0. The van der Waals surface area contributed by atoms with Crippen molar-refractivity contribution in [3.63, 3.8) is 0 Å². The third kappa shape index (κ3) is 5.82. The molecule has 23 heavy (non-hydrogen) atoms. The van der Waals surface area contributed by atoms with Gasteiger partial charge in [-0.2, -0.15) is 0 Å². The Bertz CT molecular complexity index is 609. The maximum atomic E-state index is 9.40. The van der Waals surface area contributed by atoms with E-state index in [9.17, 15) is 10.2 Å². The second kappa shape index (κ2) is 9.04. The molecule has 2 rings (SSSR count). The second-order valence-electron chi connectivity index (χ2n) is 5.91. The van der Waals surface area contributed by atoms with E-state index in [-0.39, 0.29) is 0 Å². The largest absolute Gasteiger partial charge is 0.508 e. The van der Waals surface area contributed by atoms with E-state index < -0.39 is 0 Å². The minimum Gasteiger partial charge on any atom is -0.508 e. The number of aromatic hydroxyl groups is 2. The summed E-state index contributed by atoms with van der Waals surface area (Å²) >= 11 is 0. The molecular formula is C21H26O2. The van der Waals surface area contributed by atoms with E-state index in [2.05, 4.69) is 13.0 Å². The van der Waals surface area contributed by atoms with Crippen LogP contribution < -0.4 is 0 Å². The average Bonchev–Trinajstić information content (AvgIpc) is 2.56. The topological polar surface area (TPSA) is 40.5 Å². The van der Waals surface area contributed by atoms with Crippen LogP contribution in [0.2, 0.25) is 0 Å². The summed E-state index contributed by atoms with van der Waals surface area (Å²) in [5.74, 6) is 0.649. The Morgan fingerprint density at radius 2 is 1.43 bits per heavy atom. The first-order valence-electron chi connectivity index (χ1n) is 8.45. The van der Waals surface area contributed by atoms with E-state index >= 15 is 0 Å². The highest BCUT2D eigenvalue weighted by molar-refractivity contribution is 5.65. The minimum absolute atomic E-state index is 0.318. The third-order valence-corrected chi connectivity index (χ3v) is 4.04. The summed E-state index contributed by atoms with van der Waals surface area (Å²) in [6.45, 7) is 2.16. The van der Waals surface area contributed by atoms with E-state index in [1.165, 1.54) is 36.0 Å². The van der Waals surface area contributed by atoms with Crippen molar-refractivity contribution in [1.29, 1.82) is 0 Å². The molecule has 0 bridgehead atoms. The van der Waals surface area contributed by atoms with Crippen molar-refractivity contribution in [1.82, 2.24) is 0 Å². The molecule has 2 aromatic rings. The molecule has 2 aromatic carbocycles. The number of rotatable bonds is 8. The van der Waals surface area contributed by atoms with Crippen LogP contribution in [-0.2, 0) is 6.42 Å². The SMILES string of the molecule is CCC=C(CCCCCc1ccc(O)cc1)c1ccc(O)cc1. The molecule has 0 aliphatic rings. The van der Waals surface area contributed by atoms with Gasteiger partial charge in [-0.15, -0.1) is 0 Å². The highest BCUT2D eigenvalue weighted by Gasteiger charge is 2.02. The molecule has 0 saturated carbocycles. The second-order valence-corrected chi connectivity index (χ2v) is 5.91. The van der Waals surface area contributed by atoms with Gasteiger partial charge in [0.25, 0.3) is 0 Å². The van der Waals surface area contributed by atoms with Crippen molar-refractivity contribution in [3.8, 4) is 11.5 Å². The maximum absolute atomic E-state index is 9.40. The standard InChI is InChI=1S/C21H26O2/c1-2-6-18(19-11-15-21(23)16-12-19)8-5-3-4-7-17-9-13-20(22)14-10-17/h6,9-16,22-23H,2-5,7-8H2,1H3. The van der Waals surface area contributed by atoms with Gasteiger partial charge in [-0.3, -0.25) is 0 Å².